The summed E-state index contributed by atoms with van der Waals surface area (Å²) in [6.07, 6.45) is 1.45. The van der Waals surface area contributed by atoms with Gasteiger partial charge in [-0.3, -0.25) is 9.59 Å². The molecule has 0 atom stereocenters. The first-order valence-corrected chi connectivity index (χ1v) is 9.56. The number of carbonyl (C=O) groups excluding carboxylic acids is 2. The summed E-state index contributed by atoms with van der Waals surface area (Å²) in [6, 6.07) is 8.70. The zero-order chi connectivity index (χ0) is 19.7. The molecule has 0 aliphatic rings. The Morgan fingerprint density at radius 3 is 2.48 bits per heavy atom. The molecule has 0 radical (unpaired) electrons. The molecule has 0 saturated heterocycles. The topological polar surface area (TPSA) is 127 Å². The normalized spacial score (nSPS) is 11.1. The van der Waals surface area contributed by atoms with E-state index in [4.69, 9.17) is 9.15 Å². The number of ether oxygens (including phenoxy) is 1. The quantitative estimate of drug-likeness (QED) is 0.495. The number of methoxy groups -OCH3 is 1. The maximum absolute atomic E-state index is 12.2. The van der Waals surface area contributed by atoms with Crippen molar-refractivity contribution in [1.82, 2.24) is 15.4 Å². The zero-order valence-electron chi connectivity index (χ0n) is 14.7. The van der Waals surface area contributed by atoms with Crippen LogP contribution in [0.3, 0.4) is 0 Å². The highest BCUT2D eigenvalue weighted by Gasteiger charge is 2.15. The van der Waals surface area contributed by atoms with Crippen LogP contribution in [0, 0.1) is 0 Å². The molecule has 0 spiro atoms. The lowest BCUT2D eigenvalue weighted by Gasteiger charge is -2.08. The molecule has 2 rings (SSSR count). The molecule has 0 fully saturated rings. The maximum atomic E-state index is 12.2. The van der Waals surface area contributed by atoms with Gasteiger partial charge >= 0.3 is 0 Å². The Labute approximate surface area is 157 Å². The average Bonchev–Trinajstić information content (AvgIpc) is 3.18. The Morgan fingerprint density at radius 2 is 1.85 bits per heavy atom. The zero-order valence-corrected chi connectivity index (χ0v) is 15.5. The predicted octanol–water partition coefficient (Wildman–Crippen LogP) is 0.251. The highest BCUT2D eigenvalue weighted by molar-refractivity contribution is 7.89. The number of amides is 2. The van der Waals surface area contributed by atoms with Crippen molar-refractivity contribution >= 4 is 21.8 Å². The van der Waals surface area contributed by atoms with E-state index in [2.05, 4.69) is 15.4 Å². The predicted molar refractivity (Wildman–Crippen MR) is 96.4 cm³/mol. The van der Waals surface area contributed by atoms with Crippen molar-refractivity contribution in [3.8, 4) is 0 Å². The van der Waals surface area contributed by atoms with E-state index < -0.39 is 15.9 Å². The molecular formula is C17H21N3O6S. The number of hydrogen-bond acceptors (Lipinski definition) is 6. The van der Waals surface area contributed by atoms with Crippen LogP contribution >= 0.6 is 0 Å². The van der Waals surface area contributed by atoms with Crippen molar-refractivity contribution < 1.29 is 27.2 Å². The van der Waals surface area contributed by atoms with Gasteiger partial charge in [-0.05, 0) is 36.4 Å². The van der Waals surface area contributed by atoms with Crippen molar-refractivity contribution in [1.29, 1.82) is 0 Å². The second kappa shape index (κ2) is 9.86. The lowest BCUT2D eigenvalue weighted by Crippen LogP contribution is -2.38. The van der Waals surface area contributed by atoms with Gasteiger partial charge in [-0.1, -0.05) is 0 Å². The highest BCUT2D eigenvalue weighted by atomic mass is 32.2. The Hall–Kier alpha value is -2.69. The van der Waals surface area contributed by atoms with Gasteiger partial charge in [-0.15, -0.1) is 0 Å². The molecule has 3 N–H and O–H groups in total. The van der Waals surface area contributed by atoms with Crippen LogP contribution in [0.2, 0.25) is 0 Å². The molecule has 1 heterocycles. The molecule has 0 bridgehead atoms. The number of furan rings is 1. The van der Waals surface area contributed by atoms with Crippen LogP contribution in [0.1, 0.15) is 16.1 Å². The number of nitrogens with one attached hydrogen (secondary N) is 3. The van der Waals surface area contributed by atoms with Gasteiger partial charge in [0.15, 0.2) is 0 Å². The largest absolute Gasteiger partial charge is 0.468 e. The fourth-order valence-electron chi connectivity index (χ4n) is 2.07. The van der Waals surface area contributed by atoms with E-state index in [0.717, 1.165) is 0 Å². The third-order valence-corrected chi connectivity index (χ3v) is 4.90. The summed E-state index contributed by atoms with van der Waals surface area (Å²) in [5, 5.41) is 5.03. The van der Waals surface area contributed by atoms with Gasteiger partial charge in [0.1, 0.15) is 5.76 Å². The molecule has 0 unspecified atom stereocenters. The molecule has 0 aliphatic heterocycles. The highest BCUT2D eigenvalue weighted by Crippen LogP contribution is 2.11. The molecule has 2 amide bonds. The third-order valence-electron chi connectivity index (χ3n) is 3.48. The van der Waals surface area contributed by atoms with Crippen LogP contribution < -0.4 is 15.4 Å². The molecule has 1 aromatic heterocycles. The molecule has 9 nitrogen and oxygen atoms in total. The van der Waals surface area contributed by atoms with Crippen LogP contribution in [-0.2, 0) is 26.1 Å². The van der Waals surface area contributed by atoms with Gasteiger partial charge in [-0.25, -0.2) is 13.1 Å². The lowest BCUT2D eigenvalue weighted by atomic mass is 10.2. The van der Waals surface area contributed by atoms with Gasteiger partial charge < -0.3 is 19.8 Å². The number of benzene rings is 1. The Balaban J connectivity index is 1.87. The molecule has 146 valence electrons. The van der Waals surface area contributed by atoms with E-state index in [1.54, 1.807) is 12.1 Å². The van der Waals surface area contributed by atoms with E-state index in [1.807, 2.05) is 0 Å². The van der Waals surface area contributed by atoms with Gasteiger partial charge in [0.25, 0.3) is 5.91 Å². The van der Waals surface area contributed by atoms with Gasteiger partial charge in [0, 0.05) is 19.2 Å². The van der Waals surface area contributed by atoms with E-state index >= 15 is 0 Å². The number of carbonyl (C=O) groups is 2. The van der Waals surface area contributed by atoms with Gasteiger partial charge in [0.2, 0.25) is 15.9 Å². The molecule has 27 heavy (non-hydrogen) atoms. The second-order valence-electron chi connectivity index (χ2n) is 5.45. The smallest absolute Gasteiger partial charge is 0.251 e. The van der Waals surface area contributed by atoms with Gasteiger partial charge in [0.05, 0.1) is 30.9 Å². The first-order chi connectivity index (χ1) is 12.9. The molecule has 2 aromatic rings. The van der Waals surface area contributed by atoms with E-state index in [-0.39, 0.29) is 29.5 Å². The first kappa shape index (κ1) is 20.6. The number of rotatable bonds is 10. The number of sulfonamides is 1. The molecule has 10 heteroatoms. The minimum atomic E-state index is -3.74. The fourth-order valence-corrected chi connectivity index (χ4v) is 3.06. The molecule has 0 saturated carbocycles. The van der Waals surface area contributed by atoms with E-state index in [0.29, 0.717) is 18.9 Å². The summed E-state index contributed by atoms with van der Waals surface area (Å²) in [7, 11) is -2.22. The third kappa shape index (κ3) is 6.51. The fraction of sp³-hybridized carbons (Fsp3) is 0.294. The average molecular weight is 395 g/mol. The summed E-state index contributed by atoms with van der Waals surface area (Å²) in [4.78, 5) is 23.6. The standard InChI is InChI=1S/C17H21N3O6S/c1-25-10-8-18-16(21)12-19-17(22)13-4-6-15(7-5-13)27(23,24)20-11-14-3-2-9-26-14/h2-7,9,20H,8,10-12H2,1H3,(H,18,21)(H,19,22). The van der Waals surface area contributed by atoms with Crippen LogP contribution in [0.15, 0.2) is 52.0 Å². The van der Waals surface area contributed by atoms with E-state index in [9.17, 15) is 18.0 Å². The summed E-state index contributed by atoms with van der Waals surface area (Å²) >= 11 is 0. The monoisotopic (exact) mass is 395 g/mol. The summed E-state index contributed by atoms with van der Waals surface area (Å²) < 4.78 is 36.7. The summed E-state index contributed by atoms with van der Waals surface area (Å²) in [6.45, 7) is 0.565. The maximum Gasteiger partial charge on any atom is 0.251 e. The van der Waals surface area contributed by atoms with Crippen LogP contribution in [-0.4, -0.2) is 47.0 Å². The lowest BCUT2D eigenvalue weighted by molar-refractivity contribution is -0.120. The second-order valence-corrected chi connectivity index (χ2v) is 7.22. The van der Waals surface area contributed by atoms with Crippen molar-refractivity contribution in [2.45, 2.75) is 11.4 Å². The van der Waals surface area contributed by atoms with Crippen LogP contribution in [0.25, 0.3) is 0 Å². The van der Waals surface area contributed by atoms with Crippen LogP contribution in [0.5, 0.6) is 0 Å². The molecule has 0 aliphatic carbocycles. The minimum absolute atomic E-state index is 0.0166. The van der Waals surface area contributed by atoms with Gasteiger partial charge in [-0.2, -0.15) is 0 Å². The Bertz CT molecular complexity index is 847. The van der Waals surface area contributed by atoms with Crippen LogP contribution in [0.4, 0.5) is 0 Å². The summed E-state index contributed by atoms with van der Waals surface area (Å²) in [5.74, 6) is -0.343. The van der Waals surface area contributed by atoms with Crippen molar-refractivity contribution in [3.63, 3.8) is 0 Å². The Morgan fingerprint density at radius 1 is 1.11 bits per heavy atom. The first-order valence-electron chi connectivity index (χ1n) is 8.08. The molecule has 1 aromatic carbocycles. The van der Waals surface area contributed by atoms with Crippen molar-refractivity contribution in [2.24, 2.45) is 0 Å². The van der Waals surface area contributed by atoms with E-state index in [1.165, 1.54) is 37.6 Å². The SMILES string of the molecule is COCCNC(=O)CNC(=O)c1ccc(S(=O)(=O)NCc2ccco2)cc1. The summed E-state index contributed by atoms with van der Waals surface area (Å²) in [5.41, 5.74) is 0.240. The Kier molecular flexibility index (Phi) is 7.53. The minimum Gasteiger partial charge on any atom is -0.468 e. The molecular weight excluding hydrogens is 374 g/mol. The number of hydrogen-bond donors (Lipinski definition) is 3. The van der Waals surface area contributed by atoms with Crippen molar-refractivity contribution in [3.05, 3.63) is 54.0 Å². The van der Waals surface area contributed by atoms with Crippen molar-refractivity contribution in [2.75, 3.05) is 26.8 Å².